The number of hydrogen-bond acceptors (Lipinski definition) is 4. The average Bonchev–Trinajstić information content (AvgIpc) is 2.54. The lowest BCUT2D eigenvalue weighted by atomic mass is 9.99. The van der Waals surface area contributed by atoms with Gasteiger partial charge in [-0.1, -0.05) is 24.3 Å². The van der Waals surface area contributed by atoms with Crippen molar-refractivity contribution in [2.24, 2.45) is 0 Å². The molecule has 3 rings (SSSR count). The van der Waals surface area contributed by atoms with E-state index in [9.17, 15) is 0 Å². The highest BCUT2D eigenvalue weighted by molar-refractivity contribution is 7.99. The maximum atomic E-state index is 6.04. The summed E-state index contributed by atoms with van der Waals surface area (Å²) in [5.41, 5.74) is 9.52. The summed E-state index contributed by atoms with van der Waals surface area (Å²) in [6.07, 6.45) is 1.13. The van der Waals surface area contributed by atoms with Crippen molar-refractivity contribution in [3.8, 4) is 5.75 Å². The second-order valence-electron chi connectivity index (χ2n) is 5.02. The third kappa shape index (κ3) is 3.17. The number of fused-ring (bicyclic) bond motifs is 1. The van der Waals surface area contributed by atoms with Gasteiger partial charge in [-0.25, -0.2) is 0 Å². The first-order valence-electron chi connectivity index (χ1n) is 7.03. The van der Waals surface area contributed by atoms with Crippen LogP contribution in [0.4, 0.5) is 5.69 Å². The molecule has 0 saturated heterocycles. The number of methoxy groups -OCH3 is 1. The molecule has 1 unspecified atom stereocenters. The first-order chi connectivity index (χ1) is 10.3. The van der Waals surface area contributed by atoms with E-state index in [4.69, 9.17) is 15.2 Å². The fraction of sp³-hybridized carbons (Fsp3) is 0.294. The quantitative estimate of drug-likeness (QED) is 0.691. The molecular formula is C17H19NO2S. The number of thioether (sulfide) groups is 1. The second kappa shape index (κ2) is 6.41. The average molecular weight is 301 g/mol. The summed E-state index contributed by atoms with van der Waals surface area (Å²) in [7, 11) is 1.67. The van der Waals surface area contributed by atoms with Crippen LogP contribution in [0.25, 0.3) is 0 Å². The number of ether oxygens (including phenoxy) is 2. The van der Waals surface area contributed by atoms with Crippen LogP contribution >= 0.6 is 11.8 Å². The minimum absolute atomic E-state index is 0.130. The lowest BCUT2D eigenvalue weighted by Crippen LogP contribution is -2.17. The van der Waals surface area contributed by atoms with E-state index in [1.165, 1.54) is 11.1 Å². The molecule has 4 heteroatoms. The third-order valence-electron chi connectivity index (χ3n) is 3.70. The molecule has 110 valence electrons. The van der Waals surface area contributed by atoms with Crippen molar-refractivity contribution in [1.29, 1.82) is 0 Å². The fourth-order valence-corrected chi connectivity index (χ4v) is 3.59. The Morgan fingerprint density at radius 1 is 1.29 bits per heavy atom. The monoisotopic (exact) mass is 301 g/mol. The van der Waals surface area contributed by atoms with Crippen molar-refractivity contribution < 1.29 is 9.47 Å². The molecule has 0 radical (unpaired) electrons. The molecule has 1 atom stereocenters. The lowest BCUT2D eigenvalue weighted by Gasteiger charge is -2.26. The highest BCUT2D eigenvalue weighted by Gasteiger charge is 2.20. The maximum Gasteiger partial charge on any atom is 0.120 e. The van der Waals surface area contributed by atoms with Crippen LogP contribution in [-0.2, 0) is 11.2 Å². The molecular weight excluding hydrogens is 282 g/mol. The zero-order valence-corrected chi connectivity index (χ0v) is 12.9. The summed E-state index contributed by atoms with van der Waals surface area (Å²) in [4.78, 5) is 1.04. The van der Waals surface area contributed by atoms with Gasteiger partial charge in [0.25, 0.3) is 0 Å². The minimum Gasteiger partial charge on any atom is -0.497 e. The van der Waals surface area contributed by atoms with Crippen LogP contribution in [0.1, 0.15) is 17.2 Å². The van der Waals surface area contributed by atoms with Gasteiger partial charge >= 0.3 is 0 Å². The van der Waals surface area contributed by atoms with Gasteiger partial charge in [0, 0.05) is 16.3 Å². The fourth-order valence-electron chi connectivity index (χ4n) is 2.55. The van der Waals surface area contributed by atoms with Crippen molar-refractivity contribution in [1.82, 2.24) is 0 Å². The molecule has 0 spiro atoms. The molecule has 0 saturated carbocycles. The summed E-state index contributed by atoms with van der Waals surface area (Å²) in [6.45, 7) is 0.788. The number of nitrogens with two attached hydrogens (primary N) is 1. The SMILES string of the molecule is COc1ccc(N)c(SCC2OCCc3ccccc32)c1. The van der Waals surface area contributed by atoms with Gasteiger partial charge in [-0.15, -0.1) is 11.8 Å². The predicted molar refractivity (Wildman–Crippen MR) is 87.0 cm³/mol. The van der Waals surface area contributed by atoms with Gasteiger partial charge in [0.05, 0.1) is 19.8 Å². The summed E-state index contributed by atoms with van der Waals surface area (Å²) in [6, 6.07) is 14.3. The summed E-state index contributed by atoms with van der Waals surface area (Å²) < 4.78 is 11.2. The zero-order valence-electron chi connectivity index (χ0n) is 12.0. The largest absolute Gasteiger partial charge is 0.497 e. The maximum absolute atomic E-state index is 6.04. The number of rotatable bonds is 4. The van der Waals surface area contributed by atoms with Crippen molar-refractivity contribution in [2.75, 3.05) is 25.2 Å². The van der Waals surface area contributed by atoms with Gasteiger partial charge in [0.2, 0.25) is 0 Å². The van der Waals surface area contributed by atoms with Crippen LogP contribution in [0, 0.1) is 0 Å². The van der Waals surface area contributed by atoms with Gasteiger partial charge in [0.1, 0.15) is 5.75 Å². The molecule has 0 aromatic heterocycles. The molecule has 0 aliphatic carbocycles. The number of anilines is 1. The van der Waals surface area contributed by atoms with Gasteiger partial charge in [-0.2, -0.15) is 0 Å². The van der Waals surface area contributed by atoms with Crippen molar-refractivity contribution in [3.63, 3.8) is 0 Å². The van der Waals surface area contributed by atoms with Crippen LogP contribution in [0.5, 0.6) is 5.75 Å². The van der Waals surface area contributed by atoms with E-state index in [0.717, 1.165) is 35.1 Å². The molecule has 2 N–H and O–H groups in total. The molecule has 1 aliphatic heterocycles. The van der Waals surface area contributed by atoms with E-state index < -0.39 is 0 Å². The lowest BCUT2D eigenvalue weighted by molar-refractivity contribution is 0.0588. The van der Waals surface area contributed by atoms with E-state index in [1.54, 1.807) is 18.9 Å². The van der Waals surface area contributed by atoms with Gasteiger partial charge in [-0.05, 0) is 35.7 Å². The Morgan fingerprint density at radius 3 is 3.00 bits per heavy atom. The first-order valence-corrected chi connectivity index (χ1v) is 8.02. The Hall–Kier alpha value is -1.65. The van der Waals surface area contributed by atoms with Gasteiger partial charge in [0.15, 0.2) is 0 Å². The van der Waals surface area contributed by atoms with E-state index in [2.05, 4.69) is 24.3 Å². The van der Waals surface area contributed by atoms with E-state index >= 15 is 0 Å². The highest BCUT2D eigenvalue weighted by Crippen LogP contribution is 2.35. The Morgan fingerprint density at radius 2 is 2.14 bits per heavy atom. The van der Waals surface area contributed by atoms with Crippen molar-refractivity contribution in [3.05, 3.63) is 53.6 Å². The van der Waals surface area contributed by atoms with E-state index in [0.29, 0.717) is 0 Å². The van der Waals surface area contributed by atoms with Crippen LogP contribution < -0.4 is 10.5 Å². The first kappa shape index (κ1) is 14.3. The summed E-state index contributed by atoms with van der Waals surface area (Å²) in [5, 5.41) is 0. The molecule has 2 aromatic carbocycles. The Labute approximate surface area is 129 Å². The molecule has 3 nitrogen and oxygen atoms in total. The standard InChI is InChI=1S/C17H19NO2S/c1-19-13-6-7-15(18)17(10-13)21-11-16-14-5-3-2-4-12(14)8-9-20-16/h2-7,10,16H,8-9,11,18H2,1H3. The molecule has 0 fully saturated rings. The molecule has 1 aliphatic rings. The zero-order chi connectivity index (χ0) is 14.7. The smallest absolute Gasteiger partial charge is 0.120 e. The molecule has 1 heterocycles. The number of hydrogen-bond donors (Lipinski definition) is 1. The summed E-state index contributed by atoms with van der Waals surface area (Å²) >= 11 is 1.72. The third-order valence-corrected chi connectivity index (χ3v) is 4.84. The number of benzene rings is 2. The van der Waals surface area contributed by atoms with Crippen molar-refractivity contribution >= 4 is 17.4 Å². The molecule has 0 amide bonds. The van der Waals surface area contributed by atoms with E-state index in [1.807, 2.05) is 18.2 Å². The van der Waals surface area contributed by atoms with Crippen LogP contribution in [0.2, 0.25) is 0 Å². The molecule has 0 bridgehead atoms. The normalized spacial score (nSPS) is 17.3. The van der Waals surface area contributed by atoms with Gasteiger partial charge < -0.3 is 15.2 Å². The van der Waals surface area contributed by atoms with Crippen LogP contribution in [-0.4, -0.2) is 19.5 Å². The molecule has 21 heavy (non-hydrogen) atoms. The topological polar surface area (TPSA) is 44.5 Å². The van der Waals surface area contributed by atoms with E-state index in [-0.39, 0.29) is 6.10 Å². The van der Waals surface area contributed by atoms with Crippen LogP contribution in [0.15, 0.2) is 47.4 Å². The Balaban J connectivity index is 1.74. The highest BCUT2D eigenvalue weighted by atomic mass is 32.2. The summed E-state index contributed by atoms with van der Waals surface area (Å²) in [5.74, 6) is 1.69. The number of nitrogen functional groups attached to an aromatic ring is 1. The minimum atomic E-state index is 0.130. The second-order valence-corrected chi connectivity index (χ2v) is 6.08. The van der Waals surface area contributed by atoms with Crippen molar-refractivity contribution in [2.45, 2.75) is 17.4 Å². The Bertz CT molecular complexity index is 630. The predicted octanol–water partition coefficient (Wildman–Crippen LogP) is 3.68. The van der Waals surface area contributed by atoms with Crippen LogP contribution in [0.3, 0.4) is 0 Å². The Kier molecular flexibility index (Phi) is 4.36. The van der Waals surface area contributed by atoms with Gasteiger partial charge in [-0.3, -0.25) is 0 Å². The molecule has 2 aromatic rings.